The van der Waals surface area contributed by atoms with Crippen LogP contribution in [-0.2, 0) is 0 Å². The third-order valence-electron chi connectivity index (χ3n) is 3.26. The number of nitrogens with zero attached hydrogens (tertiary/aromatic N) is 1. The van der Waals surface area contributed by atoms with E-state index in [0.29, 0.717) is 5.25 Å². The first-order valence-corrected chi connectivity index (χ1v) is 7.41. The molecule has 1 N–H and O–H groups in total. The first-order chi connectivity index (χ1) is 8.29. The predicted molar refractivity (Wildman–Crippen MR) is 74.4 cm³/mol. The molecule has 0 amide bonds. The fraction of sp³-hybridized carbons (Fsp3) is 0.571. The Balaban J connectivity index is 1.93. The second-order valence-electron chi connectivity index (χ2n) is 4.59. The molecule has 1 aromatic rings. The summed E-state index contributed by atoms with van der Waals surface area (Å²) in [5.74, 6) is 1.16. The monoisotopic (exact) mass is 251 g/mol. The molecular formula is C14H21NOS. The molecular weight excluding hydrogens is 230 g/mol. The maximum Gasteiger partial charge on any atom is 0.0664 e. The van der Waals surface area contributed by atoms with Crippen molar-refractivity contribution in [3.63, 3.8) is 0 Å². The van der Waals surface area contributed by atoms with Crippen LogP contribution < -0.4 is 0 Å². The highest BCUT2D eigenvalue weighted by Crippen LogP contribution is 2.32. The average molecular weight is 251 g/mol. The molecule has 2 atom stereocenters. The third-order valence-corrected chi connectivity index (χ3v) is 4.50. The molecule has 0 aliphatic carbocycles. The summed E-state index contributed by atoms with van der Waals surface area (Å²) in [5, 5.41) is 10.3. The van der Waals surface area contributed by atoms with Gasteiger partial charge in [-0.25, -0.2) is 0 Å². The second kappa shape index (κ2) is 6.43. The zero-order chi connectivity index (χ0) is 12.1. The van der Waals surface area contributed by atoms with E-state index in [2.05, 4.69) is 35.2 Å². The maximum atomic E-state index is 9.72. The summed E-state index contributed by atoms with van der Waals surface area (Å²) in [4.78, 5) is 2.39. The van der Waals surface area contributed by atoms with Crippen molar-refractivity contribution >= 4 is 11.8 Å². The van der Waals surface area contributed by atoms with E-state index >= 15 is 0 Å². The molecule has 0 spiro atoms. The fourth-order valence-electron chi connectivity index (χ4n) is 2.16. The molecule has 1 aliphatic heterocycles. The van der Waals surface area contributed by atoms with Crippen LogP contribution in [0, 0.1) is 0 Å². The van der Waals surface area contributed by atoms with Crippen LogP contribution in [0.1, 0.15) is 24.2 Å². The first-order valence-electron chi connectivity index (χ1n) is 6.36. The molecule has 1 aromatic carbocycles. The van der Waals surface area contributed by atoms with Crippen LogP contribution in [-0.4, -0.2) is 41.5 Å². The van der Waals surface area contributed by atoms with Gasteiger partial charge in [-0.2, -0.15) is 11.8 Å². The number of β-amino-alcohol motifs (C(OH)–C–C–N with tert-alkyl or cyclic N) is 1. The van der Waals surface area contributed by atoms with Crippen molar-refractivity contribution in [2.75, 3.05) is 25.4 Å². The Bertz CT molecular complexity index is 330. The number of hydrogen-bond donors (Lipinski definition) is 1. The largest absolute Gasteiger partial charge is 0.392 e. The minimum Gasteiger partial charge on any atom is -0.392 e. The third kappa shape index (κ3) is 3.73. The molecule has 0 saturated carbocycles. The summed E-state index contributed by atoms with van der Waals surface area (Å²) < 4.78 is 0. The Hall–Kier alpha value is -0.510. The Morgan fingerprint density at radius 2 is 2.18 bits per heavy atom. The molecule has 1 aliphatic rings. The van der Waals surface area contributed by atoms with Gasteiger partial charge < -0.3 is 5.11 Å². The highest BCUT2D eigenvalue weighted by atomic mass is 32.2. The van der Waals surface area contributed by atoms with Crippen molar-refractivity contribution in [1.29, 1.82) is 0 Å². The Kier molecular flexibility index (Phi) is 4.89. The molecule has 0 radical (unpaired) electrons. The van der Waals surface area contributed by atoms with Gasteiger partial charge in [-0.1, -0.05) is 37.3 Å². The lowest BCUT2D eigenvalue weighted by atomic mass is 10.1. The van der Waals surface area contributed by atoms with E-state index < -0.39 is 0 Å². The quantitative estimate of drug-likeness (QED) is 0.889. The van der Waals surface area contributed by atoms with Gasteiger partial charge in [0.25, 0.3) is 0 Å². The van der Waals surface area contributed by atoms with E-state index in [1.165, 1.54) is 5.56 Å². The van der Waals surface area contributed by atoms with Crippen molar-refractivity contribution < 1.29 is 5.11 Å². The van der Waals surface area contributed by atoms with E-state index in [-0.39, 0.29) is 6.10 Å². The van der Waals surface area contributed by atoms with Crippen LogP contribution in [0.15, 0.2) is 30.3 Å². The lowest BCUT2D eigenvalue weighted by molar-refractivity contribution is 0.111. The molecule has 94 valence electrons. The number of rotatable bonds is 4. The second-order valence-corrected chi connectivity index (χ2v) is 5.90. The van der Waals surface area contributed by atoms with E-state index in [1.807, 2.05) is 18.7 Å². The standard InChI is InChI=1S/C14H21NOS/c1-2-13(16)10-15-8-9-17-14(11-15)12-6-4-3-5-7-12/h3-7,13-14,16H,2,8-11H2,1H3. The molecule has 3 heteroatoms. The summed E-state index contributed by atoms with van der Waals surface area (Å²) in [7, 11) is 0. The van der Waals surface area contributed by atoms with Crippen molar-refractivity contribution in [3.8, 4) is 0 Å². The molecule has 17 heavy (non-hydrogen) atoms. The van der Waals surface area contributed by atoms with E-state index in [1.54, 1.807) is 0 Å². The maximum absolute atomic E-state index is 9.72. The topological polar surface area (TPSA) is 23.5 Å². The zero-order valence-corrected chi connectivity index (χ0v) is 11.2. The Morgan fingerprint density at radius 1 is 1.41 bits per heavy atom. The van der Waals surface area contributed by atoms with Gasteiger partial charge in [-0.15, -0.1) is 0 Å². The lowest BCUT2D eigenvalue weighted by Crippen LogP contribution is -2.39. The van der Waals surface area contributed by atoms with Gasteiger partial charge in [0.05, 0.1) is 6.10 Å². The summed E-state index contributed by atoms with van der Waals surface area (Å²) in [5.41, 5.74) is 1.41. The van der Waals surface area contributed by atoms with Gasteiger partial charge in [0, 0.05) is 30.6 Å². The molecule has 2 unspecified atom stereocenters. The highest BCUT2D eigenvalue weighted by Gasteiger charge is 2.22. The van der Waals surface area contributed by atoms with Crippen LogP contribution in [0.2, 0.25) is 0 Å². The number of aliphatic hydroxyl groups excluding tert-OH is 1. The minimum atomic E-state index is -0.172. The predicted octanol–water partition coefficient (Wildman–Crippen LogP) is 2.55. The van der Waals surface area contributed by atoms with Crippen LogP contribution in [0.5, 0.6) is 0 Å². The Morgan fingerprint density at radius 3 is 2.88 bits per heavy atom. The average Bonchev–Trinajstić information content (AvgIpc) is 2.40. The number of thioether (sulfide) groups is 1. The molecule has 2 nitrogen and oxygen atoms in total. The number of hydrogen-bond acceptors (Lipinski definition) is 3. The van der Waals surface area contributed by atoms with Gasteiger partial charge in [0.15, 0.2) is 0 Å². The number of benzene rings is 1. The lowest BCUT2D eigenvalue weighted by Gasteiger charge is -2.33. The van der Waals surface area contributed by atoms with E-state index in [9.17, 15) is 5.11 Å². The van der Waals surface area contributed by atoms with E-state index in [0.717, 1.165) is 31.8 Å². The van der Waals surface area contributed by atoms with Crippen LogP contribution in [0.4, 0.5) is 0 Å². The SMILES string of the molecule is CCC(O)CN1CCSC(c2ccccc2)C1. The minimum absolute atomic E-state index is 0.172. The van der Waals surface area contributed by atoms with Gasteiger partial charge >= 0.3 is 0 Å². The van der Waals surface area contributed by atoms with Gasteiger partial charge in [-0.05, 0) is 12.0 Å². The van der Waals surface area contributed by atoms with Crippen LogP contribution in [0.25, 0.3) is 0 Å². The van der Waals surface area contributed by atoms with Gasteiger partial charge in [0.2, 0.25) is 0 Å². The smallest absolute Gasteiger partial charge is 0.0664 e. The summed E-state index contributed by atoms with van der Waals surface area (Å²) in [6.07, 6.45) is 0.675. The molecule has 1 fully saturated rings. The van der Waals surface area contributed by atoms with Crippen LogP contribution >= 0.6 is 11.8 Å². The molecule has 1 saturated heterocycles. The normalized spacial score (nSPS) is 23.5. The highest BCUT2D eigenvalue weighted by molar-refractivity contribution is 7.99. The Labute approximate surface area is 108 Å². The molecule has 1 heterocycles. The van der Waals surface area contributed by atoms with Gasteiger partial charge in [0.1, 0.15) is 0 Å². The van der Waals surface area contributed by atoms with E-state index in [4.69, 9.17) is 0 Å². The van der Waals surface area contributed by atoms with Crippen molar-refractivity contribution in [1.82, 2.24) is 4.90 Å². The fourth-order valence-corrected chi connectivity index (χ4v) is 3.48. The zero-order valence-electron chi connectivity index (χ0n) is 10.4. The summed E-state index contributed by atoms with van der Waals surface area (Å²) in [6.45, 7) is 5.02. The van der Waals surface area contributed by atoms with Crippen molar-refractivity contribution in [3.05, 3.63) is 35.9 Å². The molecule has 2 rings (SSSR count). The first kappa shape index (κ1) is 12.9. The van der Waals surface area contributed by atoms with Gasteiger partial charge in [-0.3, -0.25) is 4.90 Å². The summed E-state index contributed by atoms with van der Waals surface area (Å²) in [6, 6.07) is 10.7. The van der Waals surface area contributed by atoms with Crippen molar-refractivity contribution in [2.24, 2.45) is 0 Å². The van der Waals surface area contributed by atoms with Crippen LogP contribution in [0.3, 0.4) is 0 Å². The van der Waals surface area contributed by atoms with Crippen molar-refractivity contribution in [2.45, 2.75) is 24.7 Å². The molecule has 0 aromatic heterocycles. The number of aliphatic hydroxyl groups is 1. The summed E-state index contributed by atoms with van der Waals surface area (Å²) >= 11 is 2.03. The molecule has 0 bridgehead atoms.